The molecule has 1 aromatic heterocycles. The number of aryl methyl sites for hydroxylation is 1. The average molecular weight is 265 g/mol. The number of benzene rings is 1. The van der Waals surface area contributed by atoms with Crippen molar-refractivity contribution in [3.8, 4) is 0 Å². The summed E-state index contributed by atoms with van der Waals surface area (Å²) in [6, 6.07) is 6.80. The predicted octanol–water partition coefficient (Wildman–Crippen LogP) is 1.59. The van der Waals surface area contributed by atoms with E-state index in [-0.39, 0.29) is 5.91 Å². The minimum absolute atomic E-state index is 0.301. The summed E-state index contributed by atoms with van der Waals surface area (Å²) in [5.74, 6) is -0.302. The topological polar surface area (TPSA) is 72.9 Å². The van der Waals surface area contributed by atoms with E-state index in [0.29, 0.717) is 22.8 Å². The van der Waals surface area contributed by atoms with Crippen molar-refractivity contribution < 1.29 is 4.79 Å². The molecule has 5 nitrogen and oxygen atoms in total. The molecule has 94 valence electrons. The van der Waals surface area contributed by atoms with Crippen LogP contribution in [0.15, 0.2) is 30.5 Å². The summed E-state index contributed by atoms with van der Waals surface area (Å²) >= 11 is 5.95. The highest BCUT2D eigenvalue weighted by Gasteiger charge is 2.13. The normalized spacial score (nSPS) is 10.3. The van der Waals surface area contributed by atoms with Crippen LogP contribution in [-0.4, -0.2) is 15.7 Å². The van der Waals surface area contributed by atoms with Crippen LogP contribution >= 0.6 is 11.6 Å². The molecule has 0 saturated carbocycles. The molecule has 0 aliphatic carbocycles. The van der Waals surface area contributed by atoms with Crippen LogP contribution < -0.4 is 11.1 Å². The number of nitrogen functional groups attached to an aromatic ring is 1. The summed E-state index contributed by atoms with van der Waals surface area (Å²) in [4.78, 5) is 12.0. The molecule has 2 rings (SSSR count). The molecule has 0 saturated heterocycles. The predicted molar refractivity (Wildman–Crippen MR) is 70.2 cm³/mol. The van der Waals surface area contributed by atoms with Gasteiger partial charge in [0.1, 0.15) is 0 Å². The van der Waals surface area contributed by atoms with Gasteiger partial charge in [0, 0.05) is 18.9 Å². The van der Waals surface area contributed by atoms with E-state index in [9.17, 15) is 4.79 Å². The van der Waals surface area contributed by atoms with Crippen molar-refractivity contribution in [3.05, 3.63) is 46.7 Å². The summed E-state index contributed by atoms with van der Waals surface area (Å²) in [5.41, 5.74) is 7.17. The Morgan fingerprint density at radius 1 is 1.50 bits per heavy atom. The lowest BCUT2D eigenvalue weighted by molar-refractivity contribution is 0.0951. The van der Waals surface area contributed by atoms with Crippen LogP contribution in [0.3, 0.4) is 0 Å². The summed E-state index contributed by atoms with van der Waals surface area (Å²) in [6.07, 6.45) is 1.81. The van der Waals surface area contributed by atoms with Crippen molar-refractivity contribution in [2.45, 2.75) is 6.54 Å². The smallest absolute Gasteiger partial charge is 0.255 e. The third kappa shape index (κ3) is 2.62. The van der Waals surface area contributed by atoms with E-state index in [0.717, 1.165) is 5.69 Å². The molecule has 0 aliphatic rings. The zero-order chi connectivity index (χ0) is 13.1. The second-order valence-electron chi connectivity index (χ2n) is 3.87. The van der Waals surface area contributed by atoms with Crippen LogP contribution in [0.4, 0.5) is 5.69 Å². The number of halogens is 1. The summed E-state index contributed by atoms with van der Waals surface area (Å²) in [5, 5.41) is 7.23. The molecular weight excluding hydrogens is 252 g/mol. The van der Waals surface area contributed by atoms with Gasteiger partial charge in [-0.15, -0.1) is 0 Å². The van der Waals surface area contributed by atoms with Gasteiger partial charge in [0.25, 0.3) is 5.91 Å². The van der Waals surface area contributed by atoms with Gasteiger partial charge < -0.3 is 11.1 Å². The second-order valence-corrected chi connectivity index (χ2v) is 4.27. The molecule has 1 aromatic carbocycles. The highest BCUT2D eigenvalue weighted by atomic mass is 35.5. The molecule has 0 unspecified atom stereocenters. The van der Waals surface area contributed by atoms with Gasteiger partial charge in [0.15, 0.2) is 0 Å². The van der Waals surface area contributed by atoms with Crippen molar-refractivity contribution >= 4 is 23.2 Å². The van der Waals surface area contributed by atoms with Crippen molar-refractivity contribution in [2.75, 3.05) is 5.73 Å². The first kappa shape index (κ1) is 12.4. The third-order valence-electron chi connectivity index (χ3n) is 2.47. The molecule has 0 spiro atoms. The van der Waals surface area contributed by atoms with Gasteiger partial charge in [-0.2, -0.15) is 5.10 Å². The SMILES string of the molecule is Cn1ccc(CNC(=O)c2c(N)cccc2Cl)n1. The number of carbonyl (C=O) groups is 1. The number of aromatic nitrogens is 2. The Morgan fingerprint density at radius 2 is 2.28 bits per heavy atom. The highest BCUT2D eigenvalue weighted by Crippen LogP contribution is 2.21. The van der Waals surface area contributed by atoms with Crippen molar-refractivity contribution in [3.63, 3.8) is 0 Å². The Balaban J connectivity index is 2.08. The number of nitrogens with two attached hydrogens (primary N) is 1. The van der Waals surface area contributed by atoms with Gasteiger partial charge in [0.2, 0.25) is 0 Å². The van der Waals surface area contributed by atoms with Crippen molar-refractivity contribution in [2.24, 2.45) is 7.05 Å². The fraction of sp³-hybridized carbons (Fsp3) is 0.167. The van der Waals surface area contributed by atoms with Crippen LogP contribution in [0.2, 0.25) is 5.02 Å². The summed E-state index contributed by atoms with van der Waals surface area (Å²) in [6.45, 7) is 0.338. The second kappa shape index (κ2) is 5.10. The lowest BCUT2D eigenvalue weighted by Gasteiger charge is -2.07. The molecule has 18 heavy (non-hydrogen) atoms. The Kier molecular flexibility index (Phi) is 3.53. The molecule has 0 fully saturated rings. The molecule has 1 heterocycles. The van der Waals surface area contributed by atoms with E-state index in [1.54, 1.807) is 22.9 Å². The number of hydrogen-bond acceptors (Lipinski definition) is 3. The fourth-order valence-electron chi connectivity index (χ4n) is 1.60. The minimum Gasteiger partial charge on any atom is -0.398 e. The molecule has 0 bridgehead atoms. The maximum atomic E-state index is 12.0. The van der Waals surface area contributed by atoms with Crippen LogP contribution in [0, 0.1) is 0 Å². The molecular formula is C12H13ClN4O. The van der Waals surface area contributed by atoms with E-state index in [1.165, 1.54) is 0 Å². The zero-order valence-corrected chi connectivity index (χ0v) is 10.6. The Hall–Kier alpha value is -2.01. The van der Waals surface area contributed by atoms with E-state index in [1.807, 2.05) is 19.3 Å². The van der Waals surface area contributed by atoms with E-state index >= 15 is 0 Å². The van der Waals surface area contributed by atoms with Gasteiger partial charge in [-0.05, 0) is 18.2 Å². The standard InChI is InChI=1S/C12H13ClN4O/c1-17-6-5-8(16-17)7-15-12(18)11-9(13)3-2-4-10(11)14/h2-6H,7,14H2,1H3,(H,15,18). The summed E-state index contributed by atoms with van der Waals surface area (Å²) in [7, 11) is 1.82. The molecule has 2 aromatic rings. The molecule has 3 N–H and O–H groups in total. The number of amides is 1. The van der Waals surface area contributed by atoms with Crippen molar-refractivity contribution in [1.29, 1.82) is 0 Å². The largest absolute Gasteiger partial charge is 0.398 e. The minimum atomic E-state index is -0.302. The lowest BCUT2D eigenvalue weighted by Crippen LogP contribution is -2.24. The van der Waals surface area contributed by atoms with Gasteiger partial charge in [-0.25, -0.2) is 0 Å². The number of anilines is 1. The van der Waals surface area contributed by atoms with Crippen molar-refractivity contribution in [1.82, 2.24) is 15.1 Å². The number of hydrogen-bond donors (Lipinski definition) is 2. The zero-order valence-electron chi connectivity index (χ0n) is 9.85. The van der Waals surface area contributed by atoms with E-state index < -0.39 is 0 Å². The fourth-order valence-corrected chi connectivity index (χ4v) is 1.86. The quantitative estimate of drug-likeness (QED) is 0.827. The molecule has 6 heteroatoms. The number of nitrogens with one attached hydrogen (secondary N) is 1. The van der Waals surface area contributed by atoms with Crippen LogP contribution in [0.5, 0.6) is 0 Å². The van der Waals surface area contributed by atoms with Gasteiger partial charge in [0.05, 0.1) is 22.8 Å². The number of rotatable bonds is 3. The van der Waals surface area contributed by atoms with E-state index in [4.69, 9.17) is 17.3 Å². The maximum absolute atomic E-state index is 12.0. The Morgan fingerprint density at radius 3 is 2.89 bits per heavy atom. The third-order valence-corrected chi connectivity index (χ3v) is 2.79. The van der Waals surface area contributed by atoms with Crippen LogP contribution in [-0.2, 0) is 13.6 Å². The average Bonchev–Trinajstić information content (AvgIpc) is 2.72. The van der Waals surface area contributed by atoms with Gasteiger partial charge in [-0.3, -0.25) is 9.48 Å². The monoisotopic (exact) mass is 264 g/mol. The first-order valence-corrected chi connectivity index (χ1v) is 5.76. The maximum Gasteiger partial charge on any atom is 0.255 e. The Labute approximate surface area is 110 Å². The number of nitrogens with zero attached hydrogens (tertiary/aromatic N) is 2. The van der Waals surface area contributed by atoms with E-state index in [2.05, 4.69) is 10.4 Å². The van der Waals surface area contributed by atoms with Gasteiger partial charge >= 0.3 is 0 Å². The Bertz CT molecular complexity index is 559. The first-order valence-electron chi connectivity index (χ1n) is 5.38. The number of carbonyl (C=O) groups excluding carboxylic acids is 1. The molecule has 1 amide bonds. The highest BCUT2D eigenvalue weighted by molar-refractivity contribution is 6.34. The lowest BCUT2D eigenvalue weighted by atomic mass is 10.1. The summed E-state index contributed by atoms with van der Waals surface area (Å²) < 4.78 is 1.67. The molecule has 0 radical (unpaired) electrons. The van der Waals surface area contributed by atoms with Crippen LogP contribution in [0.1, 0.15) is 16.1 Å². The molecule has 0 aliphatic heterocycles. The molecule has 0 atom stereocenters. The van der Waals surface area contributed by atoms with Gasteiger partial charge in [-0.1, -0.05) is 17.7 Å². The first-order chi connectivity index (χ1) is 8.58. The van der Waals surface area contributed by atoms with Crippen LogP contribution in [0.25, 0.3) is 0 Å².